The molecule has 0 radical (unpaired) electrons. The summed E-state index contributed by atoms with van der Waals surface area (Å²) in [5, 5.41) is 32.6. The lowest BCUT2D eigenvalue weighted by atomic mass is 10.1. The maximum absolute atomic E-state index is 10.2. The molecule has 1 unspecified atom stereocenters. The van der Waals surface area contributed by atoms with Crippen LogP contribution in [0.3, 0.4) is 0 Å². The number of anilines is 1. The van der Waals surface area contributed by atoms with Crippen LogP contribution in [0.25, 0.3) is 11.2 Å². The van der Waals surface area contributed by atoms with E-state index in [-0.39, 0.29) is 12.6 Å². The highest BCUT2D eigenvalue weighted by Gasteiger charge is 2.44. The quantitative estimate of drug-likeness (QED) is 0.564. The Morgan fingerprint density at radius 1 is 1.32 bits per heavy atom. The molecule has 1 saturated heterocycles. The third kappa shape index (κ3) is 3.36. The van der Waals surface area contributed by atoms with Crippen molar-refractivity contribution in [2.45, 2.75) is 51.4 Å². The second-order valence-corrected chi connectivity index (χ2v) is 6.45. The Balaban J connectivity index is 1.93. The molecule has 3 heterocycles. The maximum atomic E-state index is 10.2. The van der Waals surface area contributed by atoms with Crippen LogP contribution in [0.15, 0.2) is 24.3 Å². The molecular weight excluding hydrogens is 326 g/mol. The van der Waals surface area contributed by atoms with Gasteiger partial charge in [0.15, 0.2) is 23.2 Å². The van der Waals surface area contributed by atoms with Crippen molar-refractivity contribution in [3.63, 3.8) is 0 Å². The molecule has 25 heavy (non-hydrogen) atoms. The van der Waals surface area contributed by atoms with E-state index in [1.807, 2.05) is 20.8 Å². The number of aliphatic hydroxyl groups excluding tert-OH is 3. The summed E-state index contributed by atoms with van der Waals surface area (Å²) in [5.74, 6) is 0.570. The minimum absolute atomic E-state index is 0.0576. The average Bonchev–Trinajstić information content (AvgIpc) is 3.10. The Hall–Kier alpha value is -2.07. The first kappa shape index (κ1) is 17.7. The molecule has 5 atom stereocenters. The van der Waals surface area contributed by atoms with E-state index in [9.17, 15) is 15.3 Å². The molecule has 3 rings (SSSR count). The second-order valence-electron chi connectivity index (χ2n) is 6.45. The fraction of sp³-hybridized carbons (Fsp3) is 0.562. The number of fused-ring (bicyclic) bond motifs is 1. The van der Waals surface area contributed by atoms with E-state index in [2.05, 4.69) is 26.3 Å². The standard InChI is InChI=1S/C16H23N5O4/c1-8(2)4-9(3)20-14-11-15(18-6-17-14)21(7-19-11)16-13(24)12(23)10(5-22)25-16/h4,6-7,9-10,12-13,16,22-24H,5H2,1-3H3,(H,17,18,20)/t9?,10-,12-,13-,16-/m1/s1. The van der Waals surface area contributed by atoms with Crippen LogP contribution in [-0.4, -0.2) is 65.8 Å². The topological polar surface area (TPSA) is 126 Å². The smallest absolute Gasteiger partial charge is 0.167 e. The summed E-state index contributed by atoms with van der Waals surface area (Å²) >= 11 is 0. The lowest BCUT2D eigenvalue weighted by Crippen LogP contribution is -2.33. The Kier molecular flexibility index (Phi) is 5.00. The number of hydrogen-bond donors (Lipinski definition) is 4. The molecular formula is C16H23N5O4. The summed E-state index contributed by atoms with van der Waals surface area (Å²) in [6.07, 6.45) is 0.854. The first-order valence-electron chi connectivity index (χ1n) is 8.14. The van der Waals surface area contributed by atoms with Gasteiger partial charge in [0, 0.05) is 6.04 Å². The largest absolute Gasteiger partial charge is 0.394 e. The zero-order valence-corrected chi connectivity index (χ0v) is 14.4. The lowest BCUT2D eigenvalue weighted by molar-refractivity contribution is -0.0511. The van der Waals surface area contributed by atoms with Gasteiger partial charge in [0.25, 0.3) is 0 Å². The van der Waals surface area contributed by atoms with Crippen molar-refractivity contribution in [2.24, 2.45) is 0 Å². The van der Waals surface area contributed by atoms with Crippen LogP contribution >= 0.6 is 0 Å². The van der Waals surface area contributed by atoms with Gasteiger partial charge in [-0.25, -0.2) is 15.0 Å². The minimum Gasteiger partial charge on any atom is -0.394 e. The van der Waals surface area contributed by atoms with Crippen molar-refractivity contribution in [1.29, 1.82) is 0 Å². The van der Waals surface area contributed by atoms with E-state index in [0.717, 1.165) is 0 Å². The summed E-state index contributed by atoms with van der Waals surface area (Å²) in [4.78, 5) is 12.8. The van der Waals surface area contributed by atoms with E-state index < -0.39 is 24.5 Å². The number of nitrogens with zero attached hydrogens (tertiary/aromatic N) is 4. The van der Waals surface area contributed by atoms with Crippen molar-refractivity contribution in [1.82, 2.24) is 19.5 Å². The maximum Gasteiger partial charge on any atom is 0.167 e. The van der Waals surface area contributed by atoms with Crippen molar-refractivity contribution in [3.8, 4) is 0 Å². The van der Waals surface area contributed by atoms with E-state index >= 15 is 0 Å². The highest BCUT2D eigenvalue weighted by molar-refractivity contribution is 5.82. The van der Waals surface area contributed by atoms with E-state index in [1.165, 1.54) is 22.8 Å². The first-order chi connectivity index (χ1) is 11.9. The fourth-order valence-electron chi connectivity index (χ4n) is 3.01. The van der Waals surface area contributed by atoms with Crippen LogP contribution in [0.5, 0.6) is 0 Å². The van der Waals surface area contributed by atoms with E-state index in [4.69, 9.17) is 4.74 Å². The lowest BCUT2D eigenvalue weighted by Gasteiger charge is -2.16. The molecule has 0 aliphatic carbocycles. The third-order valence-electron chi connectivity index (χ3n) is 4.10. The Morgan fingerprint density at radius 3 is 2.72 bits per heavy atom. The number of imidazole rings is 1. The molecule has 0 spiro atoms. The number of ether oxygens (including phenoxy) is 1. The molecule has 0 amide bonds. The molecule has 1 aliphatic heterocycles. The molecule has 1 aliphatic rings. The average molecular weight is 349 g/mol. The monoisotopic (exact) mass is 349 g/mol. The molecule has 0 bridgehead atoms. The molecule has 2 aromatic heterocycles. The van der Waals surface area contributed by atoms with Crippen LogP contribution in [0.1, 0.15) is 27.0 Å². The fourth-order valence-corrected chi connectivity index (χ4v) is 3.01. The molecule has 0 saturated carbocycles. The highest BCUT2D eigenvalue weighted by atomic mass is 16.6. The molecule has 136 valence electrons. The van der Waals surface area contributed by atoms with Gasteiger partial charge < -0.3 is 25.4 Å². The summed E-state index contributed by atoms with van der Waals surface area (Å²) in [6.45, 7) is 5.65. The van der Waals surface area contributed by atoms with Crippen molar-refractivity contribution in [3.05, 3.63) is 24.3 Å². The van der Waals surface area contributed by atoms with Gasteiger partial charge in [0.2, 0.25) is 0 Å². The molecule has 1 fully saturated rings. The highest BCUT2D eigenvalue weighted by Crippen LogP contribution is 2.32. The molecule has 4 N–H and O–H groups in total. The van der Waals surface area contributed by atoms with Gasteiger partial charge in [-0.05, 0) is 20.8 Å². The minimum atomic E-state index is -1.19. The Morgan fingerprint density at radius 2 is 2.08 bits per heavy atom. The van der Waals surface area contributed by atoms with Crippen LogP contribution in [0.4, 0.5) is 5.82 Å². The van der Waals surface area contributed by atoms with Crippen LogP contribution in [0.2, 0.25) is 0 Å². The third-order valence-corrected chi connectivity index (χ3v) is 4.10. The zero-order valence-electron chi connectivity index (χ0n) is 14.4. The van der Waals surface area contributed by atoms with Crippen LogP contribution < -0.4 is 5.32 Å². The van der Waals surface area contributed by atoms with Crippen molar-refractivity contribution >= 4 is 17.0 Å². The predicted molar refractivity (Wildman–Crippen MR) is 90.8 cm³/mol. The van der Waals surface area contributed by atoms with Gasteiger partial charge in [-0.15, -0.1) is 0 Å². The zero-order chi connectivity index (χ0) is 18.1. The van der Waals surface area contributed by atoms with Crippen LogP contribution in [-0.2, 0) is 4.74 Å². The molecule has 2 aromatic rings. The summed E-state index contributed by atoms with van der Waals surface area (Å²) < 4.78 is 7.08. The number of allylic oxidation sites excluding steroid dienone is 1. The number of hydrogen-bond acceptors (Lipinski definition) is 8. The second kappa shape index (κ2) is 7.04. The Bertz CT molecular complexity index is 773. The van der Waals surface area contributed by atoms with Crippen molar-refractivity contribution in [2.75, 3.05) is 11.9 Å². The van der Waals surface area contributed by atoms with Crippen molar-refractivity contribution < 1.29 is 20.1 Å². The van der Waals surface area contributed by atoms with Gasteiger partial charge in [0.05, 0.1) is 12.9 Å². The summed E-state index contributed by atoms with van der Waals surface area (Å²) in [6, 6.07) is 0.0576. The number of nitrogens with one attached hydrogen (secondary N) is 1. The van der Waals surface area contributed by atoms with E-state index in [0.29, 0.717) is 17.0 Å². The van der Waals surface area contributed by atoms with Gasteiger partial charge in [-0.1, -0.05) is 11.6 Å². The van der Waals surface area contributed by atoms with Gasteiger partial charge >= 0.3 is 0 Å². The number of aromatic nitrogens is 4. The van der Waals surface area contributed by atoms with Gasteiger partial charge in [-0.3, -0.25) is 4.57 Å². The number of aliphatic hydroxyl groups is 3. The molecule has 9 nitrogen and oxygen atoms in total. The van der Waals surface area contributed by atoms with Gasteiger partial charge in [-0.2, -0.15) is 0 Å². The predicted octanol–water partition coefficient (Wildman–Crippen LogP) is 0.204. The molecule has 0 aromatic carbocycles. The SMILES string of the molecule is CC(C)=CC(C)Nc1ncnc2c1ncn2[C@@H]1O[C@H](CO)[C@@H](O)[C@H]1O. The van der Waals surface area contributed by atoms with E-state index in [1.54, 1.807) is 0 Å². The summed E-state index contributed by atoms with van der Waals surface area (Å²) in [5.41, 5.74) is 2.19. The van der Waals surface area contributed by atoms with Crippen LogP contribution in [0, 0.1) is 0 Å². The van der Waals surface area contributed by atoms with Gasteiger partial charge in [0.1, 0.15) is 24.6 Å². The first-order valence-corrected chi connectivity index (χ1v) is 8.14. The molecule has 9 heteroatoms. The Labute approximate surface area is 145 Å². The number of rotatable bonds is 5. The normalized spacial score (nSPS) is 27.4. The summed E-state index contributed by atoms with van der Waals surface area (Å²) in [7, 11) is 0.